The minimum Gasteiger partial charge on any atom is -0.369 e. The van der Waals surface area contributed by atoms with Crippen LogP contribution in [0.3, 0.4) is 0 Å². The minimum atomic E-state index is -0.270. The summed E-state index contributed by atoms with van der Waals surface area (Å²) in [7, 11) is 0. The average molecular weight is 287 g/mol. The highest BCUT2D eigenvalue weighted by Crippen LogP contribution is 2.07. The predicted molar refractivity (Wildman–Crippen MR) is 79.2 cm³/mol. The Morgan fingerprint density at radius 2 is 1.90 bits per heavy atom. The van der Waals surface area contributed by atoms with Crippen LogP contribution in [0.5, 0.6) is 0 Å². The van der Waals surface area contributed by atoms with Crippen LogP contribution in [0.2, 0.25) is 0 Å². The van der Waals surface area contributed by atoms with Crippen molar-refractivity contribution in [2.24, 2.45) is 5.73 Å². The fraction of sp³-hybridized carbons (Fsp3) is 0.857. The van der Waals surface area contributed by atoms with Gasteiger partial charge in [0.1, 0.15) is 6.61 Å². The summed E-state index contributed by atoms with van der Waals surface area (Å²) in [5.41, 5.74) is 5.25. The Hall–Kier alpha value is -1.14. The Labute approximate surface area is 121 Å². The second kappa shape index (κ2) is 12.9. The Bertz CT molecular complexity index is 272. The van der Waals surface area contributed by atoms with E-state index < -0.39 is 0 Å². The number of carbonyl (C=O) groups is 2. The number of hydrogen-bond donors (Lipinski definition) is 3. The van der Waals surface area contributed by atoms with Crippen molar-refractivity contribution in [1.29, 1.82) is 0 Å². The van der Waals surface area contributed by atoms with E-state index in [9.17, 15) is 9.59 Å². The molecule has 0 saturated carbocycles. The molecule has 0 rings (SSSR count). The van der Waals surface area contributed by atoms with E-state index in [0.717, 1.165) is 12.8 Å². The number of carbonyl (C=O) groups excluding carboxylic acids is 2. The zero-order valence-electron chi connectivity index (χ0n) is 12.7. The summed E-state index contributed by atoms with van der Waals surface area (Å²) in [5, 5.41) is 5.08. The Morgan fingerprint density at radius 3 is 2.55 bits per heavy atom. The van der Waals surface area contributed by atoms with Crippen LogP contribution in [0.4, 0.5) is 0 Å². The smallest absolute Gasteiger partial charge is 0.246 e. The van der Waals surface area contributed by atoms with Crippen molar-refractivity contribution in [2.75, 3.05) is 26.2 Å². The van der Waals surface area contributed by atoms with Gasteiger partial charge in [-0.15, -0.1) is 0 Å². The van der Waals surface area contributed by atoms with E-state index in [1.165, 1.54) is 19.3 Å². The van der Waals surface area contributed by atoms with Gasteiger partial charge in [0.05, 0.1) is 12.6 Å². The van der Waals surface area contributed by atoms with Crippen LogP contribution < -0.4 is 16.4 Å². The highest BCUT2D eigenvalue weighted by atomic mass is 16.5. The summed E-state index contributed by atoms with van der Waals surface area (Å²) in [5.74, 6) is -0.510. The molecule has 0 aliphatic rings. The molecule has 2 amide bonds. The van der Waals surface area contributed by atoms with Gasteiger partial charge in [0.15, 0.2) is 0 Å². The first kappa shape index (κ1) is 18.9. The van der Waals surface area contributed by atoms with Gasteiger partial charge in [0, 0.05) is 13.1 Å². The molecule has 6 nitrogen and oxygen atoms in total. The fourth-order valence-electron chi connectivity index (χ4n) is 1.66. The Kier molecular flexibility index (Phi) is 12.1. The number of amides is 2. The lowest BCUT2D eigenvalue weighted by molar-refractivity contribution is -0.130. The maximum absolute atomic E-state index is 11.5. The normalized spacial score (nSPS) is 11.9. The summed E-state index contributed by atoms with van der Waals surface area (Å²) in [6, 6.07) is 0. The van der Waals surface area contributed by atoms with Crippen molar-refractivity contribution < 1.29 is 14.3 Å². The van der Waals surface area contributed by atoms with Gasteiger partial charge in [-0.3, -0.25) is 9.59 Å². The van der Waals surface area contributed by atoms with E-state index in [4.69, 9.17) is 10.5 Å². The molecule has 1 unspecified atom stereocenters. The molecule has 1 atom stereocenters. The lowest BCUT2D eigenvalue weighted by Gasteiger charge is -2.12. The van der Waals surface area contributed by atoms with Crippen molar-refractivity contribution in [3.63, 3.8) is 0 Å². The quantitative estimate of drug-likeness (QED) is 0.457. The number of ether oxygens (including phenoxy) is 1. The van der Waals surface area contributed by atoms with Gasteiger partial charge in [-0.05, 0) is 13.3 Å². The topological polar surface area (TPSA) is 93.4 Å². The molecule has 20 heavy (non-hydrogen) atoms. The van der Waals surface area contributed by atoms with Crippen LogP contribution in [0.15, 0.2) is 0 Å². The third kappa shape index (κ3) is 11.9. The molecule has 0 spiro atoms. The SMILES string of the molecule is CCCCCCC(C)OCC(=O)NCC(=O)NCCN. The minimum absolute atomic E-state index is 0.000880. The molecule has 0 aromatic rings. The maximum atomic E-state index is 11.5. The molecule has 0 aliphatic carbocycles. The van der Waals surface area contributed by atoms with E-state index in [1.54, 1.807) is 0 Å². The molecule has 6 heteroatoms. The fourth-order valence-corrected chi connectivity index (χ4v) is 1.66. The summed E-state index contributed by atoms with van der Waals surface area (Å²) in [4.78, 5) is 22.7. The molecule has 0 bridgehead atoms. The van der Waals surface area contributed by atoms with E-state index in [1.807, 2.05) is 6.92 Å². The van der Waals surface area contributed by atoms with Crippen LogP contribution in [-0.2, 0) is 14.3 Å². The third-order valence-electron chi connectivity index (χ3n) is 2.88. The van der Waals surface area contributed by atoms with Crippen LogP contribution in [0.1, 0.15) is 46.0 Å². The summed E-state index contributed by atoms with van der Waals surface area (Å²) in [6.07, 6.45) is 5.82. The first-order valence-corrected chi connectivity index (χ1v) is 7.45. The number of nitrogens with two attached hydrogens (primary N) is 1. The maximum Gasteiger partial charge on any atom is 0.246 e. The number of nitrogens with one attached hydrogen (secondary N) is 2. The summed E-state index contributed by atoms with van der Waals surface area (Å²) in [6.45, 7) is 4.91. The van der Waals surface area contributed by atoms with E-state index in [2.05, 4.69) is 17.6 Å². The zero-order chi connectivity index (χ0) is 15.2. The van der Waals surface area contributed by atoms with Gasteiger partial charge < -0.3 is 21.1 Å². The monoisotopic (exact) mass is 287 g/mol. The summed E-state index contributed by atoms with van der Waals surface area (Å²) < 4.78 is 5.43. The molecule has 0 saturated heterocycles. The first-order valence-electron chi connectivity index (χ1n) is 7.45. The molecule has 4 N–H and O–H groups in total. The Balaban J connectivity index is 3.54. The highest BCUT2D eigenvalue weighted by Gasteiger charge is 2.08. The largest absolute Gasteiger partial charge is 0.369 e. The van der Waals surface area contributed by atoms with Gasteiger partial charge in [-0.1, -0.05) is 32.6 Å². The van der Waals surface area contributed by atoms with E-state index in [0.29, 0.717) is 13.1 Å². The van der Waals surface area contributed by atoms with Crippen molar-refractivity contribution in [3.8, 4) is 0 Å². The first-order chi connectivity index (χ1) is 9.60. The van der Waals surface area contributed by atoms with Gasteiger partial charge in [0.25, 0.3) is 0 Å². The average Bonchev–Trinajstić information content (AvgIpc) is 2.45. The zero-order valence-corrected chi connectivity index (χ0v) is 12.7. The van der Waals surface area contributed by atoms with Crippen molar-refractivity contribution >= 4 is 11.8 Å². The van der Waals surface area contributed by atoms with Gasteiger partial charge in [-0.2, -0.15) is 0 Å². The molecule has 0 aliphatic heterocycles. The second-order valence-electron chi connectivity index (χ2n) is 4.89. The van der Waals surface area contributed by atoms with E-state index >= 15 is 0 Å². The second-order valence-corrected chi connectivity index (χ2v) is 4.89. The molecule has 0 radical (unpaired) electrons. The van der Waals surface area contributed by atoms with E-state index in [-0.39, 0.29) is 31.1 Å². The third-order valence-corrected chi connectivity index (χ3v) is 2.88. The van der Waals surface area contributed by atoms with Gasteiger partial charge in [0.2, 0.25) is 11.8 Å². The predicted octanol–water partition coefficient (Wildman–Crippen LogP) is 0.553. The highest BCUT2D eigenvalue weighted by molar-refractivity contribution is 5.85. The van der Waals surface area contributed by atoms with Gasteiger partial charge >= 0.3 is 0 Å². The number of unbranched alkanes of at least 4 members (excludes halogenated alkanes) is 3. The van der Waals surface area contributed by atoms with Crippen molar-refractivity contribution in [2.45, 2.75) is 52.1 Å². The molecule has 0 aromatic carbocycles. The molecule has 0 fully saturated rings. The van der Waals surface area contributed by atoms with Crippen LogP contribution in [0.25, 0.3) is 0 Å². The standard InChI is InChI=1S/C14H29N3O3/c1-3-4-5-6-7-12(2)20-11-14(19)17-10-13(18)16-9-8-15/h12H,3-11,15H2,1-2H3,(H,16,18)(H,17,19). The lowest BCUT2D eigenvalue weighted by atomic mass is 10.1. The van der Waals surface area contributed by atoms with Crippen molar-refractivity contribution in [3.05, 3.63) is 0 Å². The summed E-state index contributed by atoms with van der Waals surface area (Å²) >= 11 is 0. The molecule has 0 heterocycles. The number of rotatable bonds is 12. The van der Waals surface area contributed by atoms with Crippen molar-refractivity contribution in [1.82, 2.24) is 10.6 Å². The van der Waals surface area contributed by atoms with Crippen LogP contribution in [-0.4, -0.2) is 44.2 Å². The molecule has 0 aromatic heterocycles. The van der Waals surface area contributed by atoms with Crippen LogP contribution >= 0.6 is 0 Å². The molecule has 118 valence electrons. The lowest BCUT2D eigenvalue weighted by Crippen LogP contribution is -2.40. The van der Waals surface area contributed by atoms with Gasteiger partial charge in [-0.25, -0.2) is 0 Å². The number of hydrogen-bond acceptors (Lipinski definition) is 4. The Morgan fingerprint density at radius 1 is 1.15 bits per heavy atom. The molecular formula is C14H29N3O3. The van der Waals surface area contributed by atoms with Crippen LogP contribution in [0, 0.1) is 0 Å². The molecular weight excluding hydrogens is 258 g/mol.